The Morgan fingerprint density at radius 3 is 2.65 bits per heavy atom. The van der Waals surface area contributed by atoms with Crippen LogP contribution in [0.15, 0.2) is 42.5 Å². The molecule has 0 N–H and O–H groups in total. The van der Waals surface area contributed by atoms with Crippen LogP contribution < -0.4 is 4.74 Å². The van der Waals surface area contributed by atoms with Crippen molar-refractivity contribution < 1.29 is 23.6 Å². The molecule has 23 heavy (non-hydrogen) atoms. The van der Waals surface area contributed by atoms with E-state index in [4.69, 9.17) is 9.47 Å². The summed E-state index contributed by atoms with van der Waals surface area (Å²) in [7, 11) is 1.35. The van der Waals surface area contributed by atoms with Gasteiger partial charge in [-0.15, -0.1) is 0 Å². The minimum atomic E-state index is -0.629. The topological polar surface area (TPSA) is 78.7 Å². The standard InChI is InChI=1S/C16H14FNO5/c1-22-15-7-6-11(8-13(15)17)10-23-16(19)9-12-4-2-3-5-14(12)18(20)21/h2-8H,9-10H2,1H3. The second-order valence-corrected chi connectivity index (χ2v) is 4.69. The number of nitrogens with zero attached hydrogens (tertiary/aromatic N) is 1. The quantitative estimate of drug-likeness (QED) is 0.464. The summed E-state index contributed by atoms with van der Waals surface area (Å²) in [6, 6.07) is 10.1. The summed E-state index contributed by atoms with van der Waals surface area (Å²) in [5.74, 6) is -1.09. The Morgan fingerprint density at radius 1 is 1.26 bits per heavy atom. The number of carbonyl (C=O) groups is 1. The molecule has 0 amide bonds. The van der Waals surface area contributed by atoms with Crippen LogP contribution in [0, 0.1) is 15.9 Å². The molecule has 0 saturated heterocycles. The molecule has 0 bridgehead atoms. The van der Waals surface area contributed by atoms with Crippen LogP contribution in [-0.4, -0.2) is 18.0 Å². The molecule has 6 nitrogen and oxygen atoms in total. The number of carbonyl (C=O) groups excluding carboxylic acids is 1. The van der Waals surface area contributed by atoms with Gasteiger partial charge in [0.05, 0.1) is 18.5 Å². The van der Waals surface area contributed by atoms with E-state index in [1.54, 1.807) is 12.1 Å². The summed E-state index contributed by atoms with van der Waals surface area (Å²) in [5, 5.41) is 10.9. The van der Waals surface area contributed by atoms with Gasteiger partial charge in [0.25, 0.3) is 5.69 Å². The van der Waals surface area contributed by atoms with Crippen molar-refractivity contribution in [2.75, 3.05) is 7.11 Å². The van der Waals surface area contributed by atoms with E-state index < -0.39 is 16.7 Å². The Morgan fingerprint density at radius 2 is 2.00 bits per heavy atom. The molecule has 7 heteroatoms. The van der Waals surface area contributed by atoms with Crippen LogP contribution in [-0.2, 0) is 22.6 Å². The largest absolute Gasteiger partial charge is 0.494 e. The van der Waals surface area contributed by atoms with Crippen LogP contribution >= 0.6 is 0 Å². The van der Waals surface area contributed by atoms with Crippen LogP contribution in [0.4, 0.5) is 10.1 Å². The first-order valence-electron chi connectivity index (χ1n) is 6.71. The molecule has 0 aromatic heterocycles. The molecule has 0 aliphatic rings. The Hall–Kier alpha value is -2.96. The van der Waals surface area contributed by atoms with Gasteiger partial charge in [-0.25, -0.2) is 4.39 Å². The summed E-state index contributed by atoms with van der Waals surface area (Å²) < 4.78 is 23.3. The van der Waals surface area contributed by atoms with Crippen molar-refractivity contribution in [2.45, 2.75) is 13.0 Å². The molecule has 120 valence electrons. The van der Waals surface area contributed by atoms with Crippen LogP contribution in [0.5, 0.6) is 5.75 Å². The van der Waals surface area contributed by atoms with E-state index in [0.717, 1.165) is 0 Å². The van der Waals surface area contributed by atoms with Gasteiger partial charge in [-0.05, 0) is 17.7 Å². The van der Waals surface area contributed by atoms with Crippen molar-refractivity contribution in [2.24, 2.45) is 0 Å². The normalized spacial score (nSPS) is 10.2. The Labute approximate surface area is 131 Å². The minimum Gasteiger partial charge on any atom is -0.494 e. The molecule has 0 atom stereocenters. The fourth-order valence-corrected chi connectivity index (χ4v) is 2.01. The van der Waals surface area contributed by atoms with Gasteiger partial charge < -0.3 is 9.47 Å². The number of halogens is 1. The smallest absolute Gasteiger partial charge is 0.310 e. The first-order chi connectivity index (χ1) is 11.0. The van der Waals surface area contributed by atoms with E-state index in [-0.39, 0.29) is 30.0 Å². The van der Waals surface area contributed by atoms with Crippen molar-refractivity contribution in [3.05, 3.63) is 69.5 Å². The van der Waals surface area contributed by atoms with Gasteiger partial charge >= 0.3 is 5.97 Å². The molecule has 0 heterocycles. The maximum atomic E-state index is 13.5. The molecule has 0 aliphatic carbocycles. The van der Waals surface area contributed by atoms with Gasteiger partial charge in [0.2, 0.25) is 0 Å². The molecule has 2 aromatic carbocycles. The van der Waals surface area contributed by atoms with Crippen molar-refractivity contribution in [3.63, 3.8) is 0 Å². The number of hydrogen-bond donors (Lipinski definition) is 0. The lowest BCUT2D eigenvalue weighted by atomic mass is 10.1. The third kappa shape index (κ3) is 4.26. The van der Waals surface area contributed by atoms with E-state index in [1.165, 1.54) is 37.4 Å². The lowest BCUT2D eigenvalue weighted by molar-refractivity contribution is -0.385. The summed E-state index contributed by atoms with van der Waals surface area (Å²) in [4.78, 5) is 22.1. The average Bonchev–Trinajstić information content (AvgIpc) is 2.53. The molecule has 0 radical (unpaired) electrons. The van der Waals surface area contributed by atoms with Gasteiger partial charge in [0.15, 0.2) is 11.6 Å². The summed E-state index contributed by atoms with van der Waals surface area (Å²) >= 11 is 0. The highest BCUT2D eigenvalue weighted by atomic mass is 19.1. The van der Waals surface area contributed by atoms with Crippen LogP contribution in [0.25, 0.3) is 0 Å². The number of ether oxygens (including phenoxy) is 2. The molecule has 0 spiro atoms. The number of nitro groups is 1. The second-order valence-electron chi connectivity index (χ2n) is 4.69. The zero-order chi connectivity index (χ0) is 16.8. The lowest BCUT2D eigenvalue weighted by Crippen LogP contribution is -2.09. The third-order valence-corrected chi connectivity index (χ3v) is 3.14. The number of nitro benzene ring substituents is 1. The van der Waals surface area contributed by atoms with Crippen LogP contribution in [0.3, 0.4) is 0 Å². The number of rotatable bonds is 6. The maximum absolute atomic E-state index is 13.5. The van der Waals surface area contributed by atoms with Gasteiger partial charge in [-0.1, -0.05) is 24.3 Å². The van der Waals surface area contributed by atoms with Gasteiger partial charge in [0, 0.05) is 11.6 Å². The van der Waals surface area contributed by atoms with Gasteiger partial charge in [-0.2, -0.15) is 0 Å². The Bertz CT molecular complexity index is 732. The highest BCUT2D eigenvalue weighted by molar-refractivity contribution is 5.74. The van der Waals surface area contributed by atoms with E-state index in [0.29, 0.717) is 5.56 Å². The molecule has 0 saturated carbocycles. The molecular formula is C16H14FNO5. The summed E-state index contributed by atoms with van der Waals surface area (Å²) in [5.41, 5.74) is 0.586. The molecule has 0 fully saturated rings. The summed E-state index contributed by atoms with van der Waals surface area (Å²) in [6.45, 7) is -0.125. The zero-order valence-corrected chi connectivity index (χ0v) is 12.3. The fraction of sp³-hybridized carbons (Fsp3) is 0.188. The SMILES string of the molecule is COc1ccc(COC(=O)Cc2ccccc2[N+](=O)[O-])cc1F. The lowest BCUT2D eigenvalue weighted by Gasteiger charge is -2.07. The number of benzene rings is 2. The molecule has 2 rings (SSSR count). The van der Waals surface area contributed by atoms with Crippen LogP contribution in [0.1, 0.15) is 11.1 Å². The predicted octanol–water partition coefficient (Wildman–Crippen LogP) is 3.03. The van der Waals surface area contributed by atoms with E-state index in [9.17, 15) is 19.3 Å². The van der Waals surface area contributed by atoms with Crippen molar-refractivity contribution in [1.82, 2.24) is 0 Å². The van der Waals surface area contributed by atoms with Crippen molar-refractivity contribution in [1.29, 1.82) is 0 Å². The second kappa shape index (κ2) is 7.35. The minimum absolute atomic E-state index is 0.0972. The molecular weight excluding hydrogens is 305 g/mol. The van der Waals surface area contributed by atoms with E-state index >= 15 is 0 Å². The molecule has 2 aromatic rings. The van der Waals surface area contributed by atoms with Crippen LogP contribution in [0.2, 0.25) is 0 Å². The molecule has 0 aliphatic heterocycles. The average molecular weight is 319 g/mol. The number of para-hydroxylation sites is 1. The van der Waals surface area contributed by atoms with Crippen molar-refractivity contribution in [3.8, 4) is 5.75 Å². The Balaban J connectivity index is 1.98. The molecule has 0 unspecified atom stereocenters. The number of esters is 1. The van der Waals surface area contributed by atoms with Gasteiger partial charge in [0.1, 0.15) is 6.61 Å². The first kappa shape index (κ1) is 16.4. The number of hydrogen-bond acceptors (Lipinski definition) is 5. The first-order valence-corrected chi connectivity index (χ1v) is 6.71. The monoisotopic (exact) mass is 319 g/mol. The zero-order valence-electron chi connectivity index (χ0n) is 12.3. The highest BCUT2D eigenvalue weighted by Crippen LogP contribution is 2.20. The van der Waals surface area contributed by atoms with E-state index in [2.05, 4.69) is 0 Å². The third-order valence-electron chi connectivity index (χ3n) is 3.14. The predicted molar refractivity (Wildman–Crippen MR) is 79.5 cm³/mol. The number of methoxy groups -OCH3 is 1. The van der Waals surface area contributed by atoms with Gasteiger partial charge in [-0.3, -0.25) is 14.9 Å². The fourth-order valence-electron chi connectivity index (χ4n) is 2.01. The maximum Gasteiger partial charge on any atom is 0.310 e. The van der Waals surface area contributed by atoms with Crippen molar-refractivity contribution >= 4 is 11.7 Å². The summed E-state index contributed by atoms with van der Waals surface area (Å²) in [6.07, 6.45) is -0.226. The Kier molecular flexibility index (Phi) is 5.24. The highest BCUT2D eigenvalue weighted by Gasteiger charge is 2.16. The van der Waals surface area contributed by atoms with E-state index in [1.807, 2.05) is 0 Å².